The summed E-state index contributed by atoms with van der Waals surface area (Å²) < 4.78 is 0.922. The lowest BCUT2D eigenvalue weighted by atomic mass is 10.1. The molecule has 19 heavy (non-hydrogen) atoms. The zero-order valence-electron chi connectivity index (χ0n) is 10.6. The summed E-state index contributed by atoms with van der Waals surface area (Å²) in [5.41, 5.74) is 3.14. The molecule has 1 N–H and O–H groups in total. The third-order valence-electron chi connectivity index (χ3n) is 2.96. The van der Waals surface area contributed by atoms with Gasteiger partial charge in [-0.25, -0.2) is 0 Å². The standard InChI is InChI=1S/C15H15BrClNO/c1-18(9-11-3-2-4-13(17)7-11)14-6-5-12(10-19)15(16)8-14/h2-8,19H,9-10H2,1H3. The normalized spacial score (nSPS) is 10.5. The van der Waals surface area contributed by atoms with Crippen LogP contribution in [-0.4, -0.2) is 12.2 Å². The number of hydrogen-bond donors (Lipinski definition) is 1. The van der Waals surface area contributed by atoms with E-state index in [0.29, 0.717) is 0 Å². The Kier molecular flexibility index (Phi) is 4.86. The summed E-state index contributed by atoms with van der Waals surface area (Å²) in [5.74, 6) is 0. The van der Waals surface area contributed by atoms with Crippen molar-refractivity contribution in [3.8, 4) is 0 Å². The second kappa shape index (κ2) is 6.42. The van der Waals surface area contributed by atoms with Crippen molar-refractivity contribution in [1.29, 1.82) is 0 Å². The molecule has 0 aliphatic rings. The number of aliphatic hydroxyl groups is 1. The Morgan fingerprint density at radius 3 is 2.63 bits per heavy atom. The lowest BCUT2D eigenvalue weighted by molar-refractivity contribution is 0.281. The van der Waals surface area contributed by atoms with Crippen molar-refractivity contribution < 1.29 is 5.11 Å². The fourth-order valence-corrected chi connectivity index (χ4v) is 2.61. The van der Waals surface area contributed by atoms with Crippen molar-refractivity contribution >= 4 is 33.2 Å². The molecule has 0 atom stereocenters. The summed E-state index contributed by atoms with van der Waals surface area (Å²) in [7, 11) is 2.03. The van der Waals surface area contributed by atoms with Crippen LogP contribution in [0.4, 0.5) is 5.69 Å². The van der Waals surface area contributed by atoms with Gasteiger partial charge in [-0.2, -0.15) is 0 Å². The maximum absolute atomic E-state index is 9.16. The van der Waals surface area contributed by atoms with Gasteiger partial charge in [0.05, 0.1) is 6.61 Å². The van der Waals surface area contributed by atoms with Crippen LogP contribution in [-0.2, 0) is 13.2 Å². The number of anilines is 1. The van der Waals surface area contributed by atoms with Crippen LogP contribution < -0.4 is 4.90 Å². The number of hydrogen-bond acceptors (Lipinski definition) is 2. The Hall–Kier alpha value is -1.03. The Labute approximate surface area is 126 Å². The molecule has 2 aromatic rings. The first kappa shape index (κ1) is 14.4. The van der Waals surface area contributed by atoms with E-state index in [1.807, 2.05) is 43.4 Å². The van der Waals surface area contributed by atoms with Gasteiger partial charge in [-0.1, -0.05) is 45.7 Å². The molecule has 2 aromatic carbocycles. The fraction of sp³-hybridized carbons (Fsp3) is 0.200. The van der Waals surface area contributed by atoms with Gasteiger partial charge in [0.2, 0.25) is 0 Å². The van der Waals surface area contributed by atoms with E-state index >= 15 is 0 Å². The van der Waals surface area contributed by atoms with E-state index in [1.54, 1.807) is 0 Å². The van der Waals surface area contributed by atoms with E-state index in [-0.39, 0.29) is 6.61 Å². The molecule has 0 aromatic heterocycles. The van der Waals surface area contributed by atoms with Gasteiger partial charge >= 0.3 is 0 Å². The quantitative estimate of drug-likeness (QED) is 0.900. The Morgan fingerprint density at radius 1 is 1.21 bits per heavy atom. The van der Waals surface area contributed by atoms with Crippen molar-refractivity contribution in [3.63, 3.8) is 0 Å². The molecule has 0 spiro atoms. The third-order valence-corrected chi connectivity index (χ3v) is 3.93. The molecule has 0 bridgehead atoms. The van der Waals surface area contributed by atoms with Crippen molar-refractivity contribution in [2.24, 2.45) is 0 Å². The second-order valence-corrected chi connectivity index (χ2v) is 5.71. The predicted molar refractivity (Wildman–Crippen MR) is 83.6 cm³/mol. The smallest absolute Gasteiger partial charge is 0.0692 e. The van der Waals surface area contributed by atoms with Gasteiger partial charge in [-0.15, -0.1) is 0 Å². The largest absolute Gasteiger partial charge is 0.392 e. The average Bonchev–Trinajstić information content (AvgIpc) is 2.38. The van der Waals surface area contributed by atoms with Crippen molar-refractivity contribution in [1.82, 2.24) is 0 Å². The second-order valence-electron chi connectivity index (χ2n) is 4.42. The molecule has 0 aliphatic heterocycles. The molecule has 0 saturated carbocycles. The molecular weight excluding hydrogens is 326 g/mol. The number of halogens is 2. The molecule has 0 radical (unpaired) electrons. The van der Waals surface area contributed by atoms with Crippen molar-refractivity contribution in [2.75, 3.05) is 11.9 Å². The van der Waals surface area contributed by atoms with Crippen LogP contribution >= 0.6 is 27.5 Å². The molecule has 2 rings (SSSR count). The van der Waals surface area contributed by atoms with E-state index in [0.717, 1.165) is 32.9 Å². The van der Waals surface area contributed by atoms with E-state index in [2.05, 4.69) is 26.9 Å². The van der Waals surface area contributed by atoms with Crippen LogP contribution in [0.1, 0.15) is 11.1 Å². The van der Waals surface area contributed by atoms with Crippen LogP contribution in [0.2, 0.25) is 5.02 Å². The Morgan fingerprint density at radius 2 is 2.00 bits per heavy atom. The van der Waals surface area contributed by atoms with Crippen LogP contribution in [0.25, 0.3) is 0 Å². The summed E-state index contributed by atoms with van der Waals surface area (Å²) in [4.78, 5) is 2.14. The Balaban J connectivity index is 2.15. The molecule has 0 heterocycles. The highest BCUT2D eigenvalue weighted by Crippen LogP contribution is 2.25. The minimum Gasteiger partial charge on any atom is -0.392 e. The minimum absolute atomic E-state index is 0.0405. The van der Waals surface area contributed by atoms with Gasteiger partial charge < -0.3 is 10.0 Å². The van der Waals surface area contributed by atoms with Gasteiger partial charge in [-0.3, -0.25) is 0 Å². The van der Waals surface area contributed by atoms with Gasteiger partial charge in [0, 0.05) is 28.8 Å². The van der Waals surface area contributed by atoms with Crippen molar-refractivity contribution in [3.05, 3.63) is 63.1 Å². The van der Waals surface area contributed by atoms with Crippen LogP contribution in [0.3, 0.4) is 0 Å². The zero-order valence-corrected chi connectivity index (χ0v) is 12.9. The average molecular weight is 341 g/mol. The summed E-state index contributed by atoms with van der Waals surface area (Å²) in [6.45, 7) is 0.824. The molecule has 0 aliphatic carbocycles. The first-order valence-corrected chi connectivity index (χ1v) is 7.12. The summed E-state index contributed by atoms with van der Waals surface area (Å²) in [6.07, 6.45) is 0. The first-order valence-electron chi connectivity index (χ1n) is 5.95. The van der Waals surface area contributed by atoms with E-state index in [9.17, 15) is 0 Å². The molecule has 2 nitrogen and oxygen atoms in total. The maximum Gasteiger partial charge on any atom is 0.0692 e. The van der Waals surface area contributed by atoms with E-state index in [1.165, 1.54) is 0 Å². The molecule has 4 heteroatoms. The molecule has 0 saturated heterocycles. The van der Waals surface area contributed by atoms with Crippen molar-refractivity contribution in [2.45, 2.75) is 13.2 Å². The van der Waals surface area contributed by atoms with E-state index < -0.39 is 0 Å². The Bertz CT molecular complexity index is 574. The highest BCUT2D eigenvalue weighted by molar-refractivity contribution is 9.10. The van der Waals surface area contributed by atoms with Gasteiger partial charge in [0.15, 0.2) is 0 Å². The van der Waals surface area contributed by atoms with Crippen LogP contribution in [0, 0.1) is 0 Å². The van der Waals surface area contributed by atoms with Crippen LogP contribution in [0.15, 0.2) is 46.9 Å². The first-order chi connectivity index (χ1) is 9.10. The van der Waals surface area contributed by atoms with Gasteiger partial charge in [0.1, 0.15) is 0 Å². The summed E-state index contributed by atoms with van der Waals surface area (Å²) in [5, 5.41) is 9.91. The van der Waals surface area contributed by atoms with Gasteiger partial charge in [-0.05, 0) is 35.4 Å². The molecule has 0 fully saturated rings. The maximum atomic E-state index is 9.16. The summed E-state index contributed by atoms with van der Waals surface area (Å²) in [6, 6.07) is 13.8. The number of rotatable bonds is 4. The highest BCUT2D eigenvalue weighted by Gasteiger charge is 2.06. The molecular formula is C15H15BrClNO. The predicted octanol–water partition coefficient (Wildman–Crippen LogP) is 4.23. The number of benzene rings is 2. The van der Waals surface area contributed by atoms with Gasteiger partial charge in [0.25, 0.3) is 0 Å². The molecule has 0 unspecified atom stereocenters. The lowest BCUT2D eigenvalue weighted by Crippen LogP contribution is -2.16. The fourth-order valence-electron chi connectivity index (χ4n) is 1.90. The topological polar surface area (TPSA) is 23.5 Å². The van der Waals surface area contributed by atoms with Crippen LogP contribution in [0.5, 0.6) is 0 Å². The molecule has 100 valence electrons. The molecule has 0 amide bonds. The number of nitrogens with zero attached hydrogens (tertiary/aromatic N) is 1. The monoisotopic (exact) mass is 339 g/mol. The minimum atomic E-state index is 0.0405. The zero-order chi connectivity index (χ0) is 13.8. The number of aliphatic hydroxyl groups excluding tert-OH is 1. The van der Waals surface area contributed by atoms with E-state index in [4.69, 9.17) is 16.7 Å². The lowest BCUT2D eigenvalue weighted by Gasteiger charge is -2.20. The summed E-state index contributed by atoms with van der Waals surface area (Å²) >= 11 is 9.45. The SMILES string of the molecule is CN(Cc1cccc(Cl)c1)c1ccc(CO)c(Br)c1. The highest BCUT2D eigenvalue weighted by atomic mass is 79.9. The third kappa shape index (κ3) is 3.72.